The van der Waals surface area contributed by atoms with Crippen LogP contribution in [-0.4, -0.2) is 50.7 Å². The third kappa shape index (κ3) is 4.21. The summed E-state index contributed by atoms with van der Waals surface area (Å²) in [6.45, 7) is 8.31. The van der Waals surface area contributed by atoms with Gasteiger partial charge in [-0.05, 0) is 56.0 Å². The maximum atomic E-state index is 2.64. The van der Waals surface area contributed by atoms with Gasteiger partial charge < -0.3 is 9.80 Å². The molecule has 1 saturated heterocycles. The van der Waals surface area contributed by atoms with Crippen LogP contribution >= 0.6 is 0 Å². The highest BCUT2D eigenvalue weighted by Crippen LogP contribution is 2.26. The summed E-state index contributed by atoms with van der Waals surface area (Å²) in [6, 6.07) is 19.9. The van der Waals surface area contributed by atoms with Gasteiger partial charge in [-0.2, -0.15) is 0 Å². The fourth-order valence-electron chi connectivity index (χ4n) is 4.36. The first kappa shape index (κ1) is 17.4. The molecule has 1 fully saturated rings. The molecule has 0 spiro atoms. The number of fused-ring (bicyclic) bond motifs is 1. The second-order valence-corrected chi connectivity index (χ2v) is 7.59. The Bertz CT molecular complexity index is 677. The topological polar surface area (TPSA) is 9.72 Å². The van der Waals surface area contributed by atoms with Gasteiger partial charge in [0, 0.05) is 50.6 Å². The third-order valence-electron chi connectivity index (χ3n) is 5.85. The van der Waals surface area contributed by atoms with Gasteiger partial charge in [0.2, 0.25) is 0 Å². The van der Waals surface area contributed by atoms with Crippen molar-refractivity contribution in [1.29, 1.82) is 0 Å². The smallest absolute Gasteiger partial charge is 0.0398 e. The Morgan fingerprint density at radius 3 is 2.31 bits per heavy atom. The van der Waals surface area contributed by atoms with E-state index in [9.17, 15) is 0 Å². The first-order valence-corrected chi connectivity index (χ1v) is 10.3. The predicted molar refractivity (Wildman–Crippen MR) is 111 cm³/mol. The predicted octanol–water partition coefficient (Wildman–Crippen LogP) is 4.04. The second-order valence-electron chi connectivity index (χ2n) is 7.59. The van der Waals surface area contributed by atoms with Crippen LogP contribution < -0.4 is 9.80 Å². The fraction of sp³-hybridized carbons (Fsp3) is 0.478. The van der Waals surface area contributed by atoms with Gasteiger partial charge in [0.15, 0.2) is 0 Å². The normalized spacial score (nSPS) is 18.5. The average molecular weight is 350 g/mol. The monoisotopic (exact) mass is 349 g/mol. The number of benzene rings is 2. The van der Waals surface area contributed by atoms with Gasteiger partial charge in [0.05, 0.1) is 0 Å². The molecule has 0 unspecified atom stereocenters. The van der Waals surface area contributed by atoms with Gasteiger partial charge in [-0.3, -0.25) is 4.90 Å². The molecule has 0 aliphatic carbocycles. The number of aryl methyl sites for hydroxylation is 1. The minimum atomic E-state index is 1.15. The summed E-state index contributed by atoms with van der Waals surface area (Å²) in [6.07, 6.45) is 5.16. The number of para-hydroxylation sites is 2. The van der Waals surface area contributed by atoms with E-state index in [0.29, 0.717) is 0 Å². The van der Waals surface area contributed by atoms with Crippen molar-refractivity contribution in [2.75, 3.05) is 55.6 Å². The molecular weight excluding hydrogens is 318 g/mol. The average Bonchev–Trinajstić information content (AvgIpc) is 2.92. The molecule has 2 aromatic carbocycles. The summed E-state index contributed by atoms with van der Waals surface area (Å²) in [5.74, 6) is 0. The molecule has 2 heterocycles. The molecule has 0 N–H and O–H groups in total. The van der Waals surface area contributed by atoms with Gasteiger partial charge >= 0.3 is 0 Å². The highest BCUT2D eigenvalue weighted by Gasteiger charge is 2.18. The zero-order valence-corrected chi connectivity index (χ0v) is 15.8. The quantitative estimate of drug-likeness (QED) is 0.806. The van der Waals surface area contributed by atoms with Crippen LogP contribution in [0.3, 0.4) is 0 Å². The summed E-state index contributed by atoms with van der Waals surface area (Å²) < 4.78 is 0. The van der Waals surface area contributed by atoms with E-state index >= 15 is 0 Å². The maximum absolute atomic E-state index is 2.64. The molecule has 0 amide bonds. The minimum absolute atomic E-state index is 1.15. The molecule has 0 radical (unpaired) electrons. The van der Waals surface area contributed by atoms with Crippen molar-refractivity contribution >= 4 is 11.4 Å². The molecule has 2 aromatic rings. The van der Waals surface area contributed by atoms with E-state index in [-0.39, 0.29) is 0 Å². The Labute approximate surface area is 158 Å². The summed E-state index contributed by atoms with van der Waals surface area (Å²) in [5, 5.41) is 0. The molecule has 26 heavy (non-hydrogen) atoms. The van der Waals surface area contributed by atoms with E-state index in [0.717, 1.165) is 13.1 Å². The van der Waals surface area contributed by atoms with Crippen molar-refractivity contribution in [1.82, 2.24) is 4.90 Å². The van der Waals surface area contributed by atoms with E-state index < -0.39 is 0 Å². The number of hydrogen-bond acceptors (Lipinski definition) is 3. The zero-order valence-electron chi connectivity index (χ0n) is 15.8. The van der Waals surface area contributed by atoms with E-state index in [1.165, 1.54) is 69.8 Å². The second kappa shape index (κ2) is 8.59. The molecule has 2 aliphatic rings. The van der Waals surface area contributed by atoms with Gasteiger partial charge in [-0.15, -0.1) is 0 Å². The van der Waals surface area contributed by atoms with Crippen molar-refractivity contribution < 1.29 is 0 Å². The largest absolute Gasteiger partial charge is 0.371 e. The van der Waals surface area contributed by atoms with Crippen LogP contribution in [0.25, 0.3) is 0 Å². The zero-order chi connectivity index (χ0) is 17.6. The molecule has 0 bridgehead atoms. The molecule has 138 valence electrons. The highest BCUT2D eigenvalue weighted by molar-refractivity contribution is 5.54. The molecule has 3 heteroatoms. The summed E-state index contributed by atoms with van der Waals surface area (Å²) in [7, 11) is 0. The van der Waals surface area contributed by atoms with Crippen molar-refractivity contribution in [3.05, 3.63) is 60.2 Å². The van der Waals surface area contributed by atoms with Crippen LogP contribution in [0.2, 0.25) is 0 Å². The van der Waals surface area contributed by atoms with Crippen molar-refractivity contribution in [3.63, 3.8) is 0 Å². The standard InChI is InChI=1S/C23H31N3/c1-2-11-22(12-3-1)25-19-17-24(18-20-25)14-8-16-26-15-7-6-10-21-9-4-5-13-23(21)26/h1-5,9,11-13H,6-8,10,14-20H2. The molecule has 3 nitrogen and oxygen atoms in total. The summed E-state index contributed by atoms with van der Waals surface area (Å²) in [4.78, 5) is 7.78. The molecule has 0 saturated carbocycles. The molecule has 4 rings (SSSR count). The van der Waals surface area contributed by atoms with E-state index in [1.54, 1.807) is 5.56 Å². The van der Waals surface area contributed by atoms with Gasteiger partial charge in [-0.1, -0.05) is 36.4 Å². The van der Waals surface area contributed by atoms with Crippen LogP contribution in [0.15, 0.2) is 54.6 Å². The number of rotatable bonds is 5. The lowest BCUT2D eigenvalue weighted by Gasteiger charge is -2.36. The number of anilines is 2. The number of piperazine rings is 1. The Morgan fingerprint density at radius 1 is 0.692 bits per heavy atom. The third-order valence-corrected chi connectivity index (χ3v) is 5.85. The van der Waals surface area contributed by atoms with Crippen LogP contribution in [0.1, 0.15) is 24.8 Å². The molecule has 2 aliphatic heterocycles. The Morgan fingerprint density at radius 2 is 1.46 bits per heavy atom. The highest BCUT2D eigenvalue weighted by atomic mass is 15.3. The van der Waals surface area contributed by atoms with Crippen LogP contribution in [0.4, 0.5) is 11.4 Å². The van der Waals surface area contributed by atoms with Gasteiger partial charge in [0.1, 0.15) is 0 Å². The number of nitrogens with zero attached hydrogens (tertiary/aromatic N) is 3. The Balaban J connectivity index is 1.25. The van der Waals surface area contributed by atoms with Crippen LogP contribution in [0, 0.1) is 0 Å². The first-order chi connectivity index (χ1) is 12.9. The Hall–Kier alpha value is -2.00. The van der Waals surface area contributed by atoms with Crippen molar-refractivity contribution in [2.24, 2.45) is 0 Å². The minimum Gasteiger partial charge on any atom is -0.371 e. The molecular formula is C23H31N3. The lowest BCUT2D eigenvalue weighted by Crippen LogP contribution is -2.47. The van der Waals surface area contributed by atoms with Crippen molar-refractivity contribution in [3.8, 4) is 0 Å². The van der Waals surface area contributed by atoms with Crippen LogP contribution in [-0.2, 0) is 6.42 Å². The Kier molecular flexibility index (Phi) is 5.75. The SMILES string of the molecule is c1ccc(N2CCN(CCCN3CCCCc4ccccc43)CC2)cc1. The lowest BCUT2D eigenvalue weighted by molar-refractivity contribution is 0.255. The van der Waals surface area contributed by atoms with E-state index in [1.807, 2.05) is 0 Å². The molecule has 0 atom stereocenters. The summed E-state index contributed by atoms with van der Waals surface area (Å²) in [5.41, 5.74) is 4.40. The number of hydrogen-bond donors (Lipinski definition) is 0. The van der Waals surface area contributed by atoms with E-state index in [4.69, 9.17) is 0 Å². The maximum Gasteiger partial charge on any atom is 0.0398 e. The van der Waals surface area contributed by atoms with Gasteiger partial charge in [0.25, 0.3) is 0 Å². The first-order valence-electron chi connectivity index (χ1n) is 10.3. The lowest BCUT2D eigenvalue weighted by atomic mass is 10.1. The van der Waals surface area contributed by atoms with E-state index in [2.05, 4.69) is 69.3 Å². The summed E-state index contributed by atoms with van der Waals surface area (Å²) >= 11 is 0. The molecule has 0 aromatic heterocycles. The fourth-order valence-corrected chi connectivity index (χ4v) is 4.36. The van der Waals surface area contributed by atoms with Crippen molar-refractivity contribution in [2.45, 2.75) is 25.7 Å². The van der Waals surface area contributed by atoms with Crippen LogP contribution in [0.5, 0.6) is 0 Å². The van der Waals surface area contributed by atoms with Gasteiger partial charge in [-0.25, -0.2) is 0 Å².